The first kappa shape index (κ1) is 18.4. The number of hydrogen-bond donors (Lipinski definition) is 3. The van der Waals surface area contributed by atoms with Gasteiger partial charge in [-0.15, -0.1) is 0 Å². The Hall–Kier alpha value is -3.00. The molecule has 2 aromatic heterocycles. The van der Waals surface area contributed by atoms with Crippen molar-refractivity contribution in [3.05, 3.63) is 48.0 Å². The van der Waals surface area contributed by atoms with Gasteiger partial charge in [0.15, 0.2) is 0 Å². The SMILES string of the molecule is CN(Cc1nc2ccccc2[nH]1)c1ncc(C(=O)NC2CCC(N)CC2)cn1. The van der Waals surface area contributed by atoms with E-state index in [1.807, 2.05) is 36.2 Å². The Kier molecular flexibility index (Phi) is 5.21. The minimum absolute atomic E-state index is 0.132. The third-order valence-corrected chi connectivity index (χ3v) is 5.17. The molecule has 1 amide bonds. The molecule has 0 atom stereocenters. The van der Waals surface area contributed by atoms with Crippen molar-refractivity contribution in [2.24, 2.45) is 5.73 Å². The largest absolute Gasteiger partial charge is 0.349 e. The van der Waals surface area contributed by atoms with E-state index in [1.165, 1.54) is 0 Å². The normalized spacial score (nSPS) is 19.5. The van der Waals surface area contributed by atoms with Crippen molar-refractivity contribution in [3.63, 3.8) is 0 Å². The molecule has 0 spiro atoms. The third-order valence-electron chi connectivity index (χ3n) is 5.17. The van der Waals surface area contributed by atoms with E-state index in [1.54, 1.807) is 12.4 Å². The van der Waals surface area contributed by atoms with Crippen molar-refractivity contribution in [1.29, 1.82) is 0 Å². The lowest BCUT2D eigenvalue weighted by Gasteiger charge is -2.26. The molecule has 0 aliphatic heterocycles. The zero-order chi connectivity index (χ0) is 19.5. The molecule has 4 N–H and O–H groups in total. The number of nitrogens with zero attached hydrogens (tertiary/aromatic N) is 4. The highest BCUT2D eigenvalue weighted by atomic mass is 16.1. The van der Waals surface area contributed by atoms with E-state index in [4.69, 9.17) is 5.73 Å². The lowest BCUT2D eigenvalue weighted by Crippen LogP contribution is -2.40. The quantitative estimate of drug-likeness (QED) is 0.625. The molecule has 8 nitrogen and oxygen atoms in total. The Bertz CT molecular complexity index is 912. The van der Waals surface area contributed by atoms with Crippen molar-refractivity contribution in [3.8, 4) is 0 Å². The number of aromatic nitrogens is 4. The number of para-hydroxylation sites is 2. The number of fused-ring (bicyclic) bond motifs is 1. The van der Waals surface area contributed by atoms with Crippen LogP contribution in [0.5, 0.6) is 0 Å². The number of nitrogens with one attached hydrogen (secondary N) is 2. The van der Waals surface area contributed by atoms with E-state index in [9.17, 15) is 4.79 Å². The lowest BCUT2D eigenvalue weighted by atomic mass is 9.92. The number of imidazole rings is 1. The first-order valence-electron chi connectivity index (χ1n) is 9.62. The Labute approximate surface area is 163 Å². The Morgan fingerprint density at radius 3 is 2.64 bits per heavy atom. The smallest absolute Gasteiger partial charge is 0.254 e. The summed E-state index contributed by atoms with van der Waals surface area (Å²) in [4.78, 5) is 30.9. The Morgan fingerprint density at radius 1 is 1.21 bits per heavy atom. The number of rotatable bonds is 5. The summed E-state index contributed by atoms with van der Waals surface area (Å²) in [5.41, 5.74) is 8.32. The fraction of sp³-hybridized carbons (Fsp3) is 0.400. The van der Waals surface area contributed by atoms with Crippen LogP contribution in [0.2, 0.25) is 0 Å². The van der Waals surface area contributed by atoms with Gasteiger partial charge < -0.3 is 20.9 Å². The van der Waals surface area contributed by atoms with Gasteiger partial charge in [-0.3, -0.25) is 4.79 Å². The van der Waals surface area contributed by atoms with Gasteiger partial charge in [-0.25, -0.2) is 15.0 Å². The summed E-state index contributed by atoms with van der Waals surface area (Å²) in [5, 5.41) is 3.06. The summed E-state index contributed by atoms with van der Waals surface area (Å²) in [6.07, 6.45) is 6.89. The monoisotopic (exact) mass is 379 g/mol. The maximum atomic E-state index is 12.4. The molecular weight excluding hydrogens is 354 g/mol. The molecule has 0 bridgehead atoms. The predicted octanol–water partition coefficient (Wildman–Crippen LogP) is 1.99. The van der Waals surface area contributed by atoms with Gasteiger partial charge in [-0.05, 0) is 37.8 Å². The van der Waals surface area contributed by atoms with E-state index in [2.05, 4.69) is 25.3 Å². The summed E-state index contributed by atoms with van der Waals surface area (Å²) in [6.45, 7) is 0.544. The van der Waals surface area contributed by atoms with Gasteiger partial charge in [-0.1, -0.05) is 12.1 Å². The molecule has 8 heteroatoms. The molecule has 1 aromatic carbocycles. The van der Waals surface area contributed by atoms with Crippen LogP contribution in [-0.4, -0.2) is 45.0 Å². The fourth-order valence-corrected chi connectivity index (χ4v) is 3.54. The minimum atomic E-state index is -0.132. The summed E-state index contributed by atoms with van der Waals surface area (Å²) in [7, 11) is 1.90. The van der Waals surface area contributed by atoms with Crippen LogP contribution in [0.3, 0.4) is 0 Å². The van der Waals surface area contributed by atoms with Crippen LogP contribution in [0.4, 0.5) is 5.95 Å². The summed E-state index contributed by atoms with van der Waals surface area (Å²) >= 11 is 0. The average molecular weight is 379 g/mol. The molecule has 0 radical (unpaired) electrons. The van der Waals surface area contributed by atoms with Crippen LogP contribution in [0.25, 0.3) is 11.0 Å². The number of hydrogen-bond acceptors (Lipinski definition) is 6. The van der Waals surface area contributed by atoms with Crippen LogP contribution in [0.1, 0.15) is 41.9 Å². The summed E-state index contributed by atoms with van der Waals surface area (Å²) < 4.78 is 0. The van der Waals surface area contributed by atoms with Gasteiger partial charge in [0.2, 0.25) is 5.95 Å². The second-order valence-electron chi connectivity index (χ2n) is 7.41. The van der Waals surface area contributed by atoms with Crippen LogP contribution < -0.4 is 16.0 Å². The zero-order valence-electron chi connectivity index (χ0n) is 15.9. The highest BCUT2D eigenvalue weighted by molar-refractivity contribution is 5.93. The highest BCUT2D eigenvalue weighted by Crippen LogP contribution is 2.18. The lowest BCUT2D eigenvalue weighted by molar-refractivity contribution is 0.0925. The number of anilines is 1. The number of H-pyrrole nitrogens is 1. The first-order valence-corrected chi connectivity index (χ1v) is 9.62. The molecule has 1 fully saturated rings. The third kappa shape index (κ3) is 4.12. The molecule has 1 aliphatic carbocycles. The maximum Gasteiger partial charge on any atom is 0.254 e. The number of amides is 1. The van der Waals surface area contributed by atoms with Crippen LogP contribution in [-0.2, 0) is 6.54 Å². The molecule has 0 unspecified atom stereocenters. The topological polar surface area (TPSA) is 113 Å². The van der Waals surface area contributed by atoms with E-state index in [-0.39, 0.29) is 18.0 Å². The van der Waals surface area contributed by atoms with E-state index in [0.717, 1.165) is 42.5 Å². The van der Waals surface area contributed by atoms with Crippen LogP contribution in [0.15, 0.2) is 36.7 Å². The summed E-state index contributed by atoms with van der Waals surface area (Å²) in [5.74, 6) is 1.25. The molecule has 1 saturated carbocycles. The van der Waals surface area contributed by atoms with E-state index < -0.39 is 0 Å². The van der Waals surface area contributed by atoms with Crippen molar-refractivity contribution in [2.75, 3.05) is 11.9 Å². The van der Waals surface area contributed by atoms with Crippen molar-refractivity contribution in [2.45, 2.75) is 44.3 Å². The Balaban J connectivity index is 1.37. The standard InChI is InChI=1S/C20H25N7O/c1-27(12-18-25-16-4-2-3-5-17(16)26-18)20-22-10-13(11-23-20)19(28)24-15-8-6-14(21)7-9-15/h2-5,10-11,14-15H,6-9,12,21H2,1H3,(H,24,28)(H,25,26). The second-order valence-corrected chi connectivity index (χ2v) is 7.41. The molecule has 0 saturated heterocycles. The molecule has 1 aliphatic rings. The highest BCUT2D eigenvalue weighted by Gasteiger charge is 2.21. The average Bonchev–Trinajstić information content (AvgIpc) is 3.12. The summed E-state index contributed by atoms with van der Waals surface area (Å²) in [6, 6.07) is 8.35. The number of benzene rings is 1. The molecular formula is C20H25N7O. The molecule has 2 heterocycles. The van der Waals surface area contributed by atoms with Gasteiger partial charge >= 0.3 is 0 Å². The predicted molar refractivity (Wildman–Crippen MR) is 108 cm³/mol. The van der Waals surface area contributed by atoms with Crippen LogP contribution in [0, 0.1) is 0 Å². The first-order chi connectivity index (χ1) is 13.6. The number of carbonyl (C=O) groups is 1. The van der Waals surface area contributed by atoms with Crippen LogP contribution >= 0.6 is 0 Å². The fourth-order valence-electron chi connectivity index (χ4n) is 3.54. The van der Waals surface area contributed by atoms with Gasteiger partial charge in [0, 0.05) is 31.5 Å². The zero-order valence-corrected chi connectivity index (χ0v) is 15.9. The van der Waals surface area contributed by atoms with Gasteiger partial charge in [-0.2, -0.15) is 0 Å². The molecule has 4 rings (SSSR count). The van der Waals surface area contributed by atoms with E-state index >= 15 is 0 Å². The number of nitrogens with two attached hydrogens (primary N) is 1. The molecule has 3 aromatic rings. The Morgan fingerprint density at radius 2 is 1.93 bits per heavy atom. The molecule has 28 heavy (non-hydrogen) atoms. The molecule has 146 valence electrons. The van der Waals surface area contributed by atoms with Crippen molar-refractivity contribution in [1.82, 2.24) is 25.3 Å². The van der Waals surface area contributed by atoms with Gasteiger partial charge in [0.05, 0.1) is 23.1 Å². The minimum Gasteiger partial charge on any atom is -0.349 e. The van der Waals surface area contributed by atoms with Gasteiger partial charge in [0.25, 0.3) is 5.91 Å². The van der Waals surface area contributed by atoms with Gasteiger partial charge in [0.1, 0.15) is 5.82 Å². The van der Waals surface area contributed by atoms with Crippen molar-refractivity contribution >= 4 is 22.9 Å². The van der Waals surface area contributed by atoms with Crippen molar-refractivity contribution < 1.29 is 4.79 Å². The number of carbonyl (C=O) groups excluding carboxylic acids is 1. The maximum absolute atomic E-state index is 12.4. The number of aromatic amines is 1. The second kappa shape index (κ2) is 7.93. The van der Waals surface area contributed by atoms with E-state index in [0.29, 0.717) is 18.1 Å².